The topological polar surface area (TPSA) is 86.5 Å². The highest BCUT2D eigenvalue weighted by atomic mass is 16.6. The molecule has 0 atom stereocenters. The standard InChI is InChI=1S/C10H9NO5/c1-16-10(13)9(12)6-7-3-2-4-8(5-7)11(14)15/h2-5H,6H2,1H3. The van der Waals surface area contributed by atoms with Crippen molar-refractivity contribution in [2.45, 2.75) is 6.42 Å². The lowest BCUT2D eigenvalue weighted by Crippen LogP contribution is -2.17. The fourth-order valence-corrected chi connectivity index (χ4v) is 1.15. The minimum atomic E-state index is -0.952. The van der Waals surface area contributed by atoms with E-state index in [1.54, 1.807) is 0 Å². The number of carbonyl (C=O) groups is 2. The second-order valence-corrected chi connectivity index (χ2v) is 3.02. The van der Waals surface area contributed by atoms with Gasteiger partial charge in [-0.1, -0.05) is 12.1 Å². The molecule has 0 unspecified atom stereocenters. The number of nitro groups is 1. The summed E-state index contributed by atoms with van der Waals surface area (Å²) >= 11 is 0. The number of Topliss-reactive ketones (excluding diaryl/α,β-unsaturated/α-hetero) is 1. The molecule has 6 nitrogen and oxygen atoms in total. The maximum atomic E-state index is 11.2. The van der Waals surface area contributed by atoms with E-state index >= 15 is 0 Å². The number of ether oxygens (including phenoxy) is 1. The summed E-state index contributed by atoms with van der Waals surface area (Å²) < 4.78 is 4.24. The van der Waals surface area contributed by atoms with E-state index in [9.17, 15) is 19.7 Å². The van der Waals surface area contributed by atoms with Crippen molar-refractivity contribution in [2.24, 2.45) is 0 Å². The van der Waals surface area contributed by atoms with Crippen molar-refractivity contribution in [3.8, 4) is 0 Å². The molecule has 0 spiro atoms. The SMILES string of the molecule is COC(=O)C(=O)Cc1cccc([N+](=O)[O-])c1. The first kappa shape index (κ1) is 11.8. The Balaban J connectivity index is 2.82. The molecule has 0 radical (unpaired) electrons. The number of hydrogen-bond acceptors (Lipinski definition) is 5. The smallest absolute Gasteiger partial charge is 0.374 e. The van der Waals surface area contributed by atoms with E-state index in [1.807, 2.05) is 0 Å². The summed E-state index contributed by atoms with van der Waals surface area (Å²) in [6.45, 7) is 0. The van der Waals surface area contributed by atoms with Crippen LogP contribution in [0.4, 0.5) is 5.69 Å². The Bertz CT molecular complexity index is 441. The molecule has 0 aliphatic rings. The monoisotopic (exact) mass is 223 g/mol. The van der Waals surface area contributed by atoms with E-state index in [4.69, 9.17) is 0 Å². The first-order chi connectivity index (χ1) is 7.54. The molecule has 0 amide bonds. The molecule has 1 aromatic carbocycles. The van der Waals surface area contributed by atoms with Gasteiger partial charge in [0.25, 0.3) is 5.69 Å². The van der Waals surface area contributed by atoms with Crippen molar-refractivity contribution >= 4 is 17.4 Å². The molecule has 0 heterocycles. The summed E-state index contributed by atoms with van der Waals surface area (Å²) in [5.74, 6) is -1.69. The lowest BCUT2D eigenvalue weighted by atomic mass is 10.1. The number of benzene rings is 1. The molecule has 0 bridgehead atoms. The lowest BCUT2D eigenvalue weighted by Gasteiger charge is -1.99. The van der Waals surface area contributed by atoms with Crippen LogP contribution in [0.25, 0.3) is 0 Å². The van der Waals surface area contributed by atoms with Crippen molar-refractivity contribution in [3.63, 3.8) is 0 Å². The molecule has 0 fully saturated rings. The first-order valence-corrected chi connectivity index (χ1v) is 4.39. The largest absolute Gasteiger partial charge is 0.463 e. The molecule has 1 rings (SSSR count). The van der Waals surface area contributed by atoms with Crippen LogP contribution in [0.5, 0.6) is 0 Å². The van der Waals surface area contributed by atoms with E-state index in [2.05, 4.69) is 4.74 Å². The number of esters is 1. The summed E-state index contributed by atoms with van der Waals surface area (Å²) in [4.78, 5) is 31.9. The van der Waals surface area contributed by atoms with E-state index in [1.165, 1.54) is 24.3 Å². The van der Waals surface area contributed by atoms with Gasteiger partial charge in [0.15, 0.2) is 0 Å². The average Bonchev–Trinajstić information content (AvgIpc) is 2.28. The van der Waals surface area contributed by atoms with Crippen molar-refractivity contribution in [2.75, 3.05) is 7.11 Å². The van der Waals surface area contributed by atoms with Gasteiger partial charge in [0, 0.05) is 18.6 Å². The Morgan fingerprint density at radius 2 is 2.12 bits per heavy atom. The van der Waals surface area contributed by atoms with Crippen LogP contribution in [0.3, 0.4) is 0 Å². The van der Waals surface area contributed by atoms with Crippen LogP contribution in [0.1, 0.15) is 5.56 Å². The number of ketones is 1. The lowest BCUT2D eigenvalue weighted by molar-refractivity contribution is -0.384. The third-order valence-electron chi connectivity index (χ3n) is 1.90. The minimum Gasteiger partial charge on any atom is -0.463 e. The minimum absolute atomic E-state index is 0.116. The molecule has 0 N–H and O–H groups in total. The summed E-state index contributed by atoms with van der Waals surface area (Å²) in [6, 6.07) is 5.55. The van der Waals surface area contributed by atoms with Crippen molar-refractivity contribution in [1.29, 1.82) is 0 Å². The van der Waals surface area contributed by atoms with E-state index in [0.717, 1.165) is 7.11 Å². The van der Waals surface area contributed by atoms with Crippen LogP contribution in [0.15, 0.2) is 24.3 Å². The maximum Gasteiger partial charge on any atom is 0.374 e. The van der Waals surface area contributed by atoms with E-state index in [0.29, 0.717) is 5.56 Å². The highest BCUT2D eigenvalue weighted by molar-refractivity contribution is 6.34. The van der Waals surface area contributed by atoms with Gasteiger partial charge in [-0.05, 0) is 5.56 Å². The Morgan fingerprint density at radius 1 is 1.44 bits per heavy atom. The molecular weight excluding hydrogens is 214 g/mol. The fraction of sp³-hybridized carbons (Fsp3) is 0.200. The summed E-state index contributed by atoms with van der Waals surface area (Å²) in [6.07, 6.45) is -0.200. The van der Waals surface area contributed by atoms with Crippen LogP contribution in [-0.2, 0) is 20.7 Å². The second-order valence-electron chi connectivity index (χ2n) is 3.02. The molecule has 0 aliphatic heterocycles. The molecule has 84 valence electrons. The van der Waals surface area contributed by atoms with Gasteiger partial charge in [-0.25, -0.2) is 4.79 Å². The number of nitrogens with zero attached hydrogens (tertiary/aromatic N) is 1. The quantitative estimate of drug-likeness (QED) is 0.327. The molecule has 0 aliphatic carbocycles. The van der Waals surface area contributed by atoms with Gasteiger partial charge >= 0.3 is 5.97 Å². The number of rotatable bonds is 4. The van der Waals surface area contributed by atoms with Crippen LogP contribution in [0.2, 0.25) is 0 Å². The fourth-order valence-electron chi connectivity index (χ4n) is 1.15. The van der Waals surface area contributed by atoms with Crippen LogP contribution in [0, 0.1) is 10.1 Å². The maximum absolute atomic E-state index is 11.2. The van der Waals surface area contributed by atoms with Gasteiger partial charge in [-0.3, -0.25) is 14.9 Å². The Morgan fingerprint density at radius 3 is 2.69 bits per heavy atom. The first-order valence-electron chi connectivity index (χ1n) is 4.39. The highest BCUT2D eigenvalue weighted by Gasteiger charge is 2.15. The average molecular weight is 223 g/mol. The molecule has 16 heavy (non-hydrogen) atoms. The van der Waals surface area contributed by atoms with Crippen LogP contribution in [-0.4, -0.2) is 23.8 Å². The summed E-state index contributed by atoms with van der Waals surface area (Å²) in [5, 5.41) is 10.5. The molecule has 0 saturated carbocycles. The predicted molar refractivity (Wildman–Crippen MR) is 53.8 cm³/mol. The zero-order valence-electron chi connectivity index (χ0n) is 8.50. The molecule has 0 saturated heterocycles. The Labute approximate surface area is 91.0 Å². The van der Waals surface area contributed by atoms with Crippen LogP contribution < -0.4 is 0 Å². The number of hydrogen-bond donors (Lipinski definition) is 0. The third kappa shape index (κ3) is 2.88. The van der Waals surface area contributed by atoms with Gasteiger partial charge in [0.1, 0.15) is 0 Å². The van der Waals surface area contributed by atoms with Crippen molar-refractivity contribution in [3.05, 3.63) is 39.9 Å². The van der Waals surface area contributed by atoms with E-state index in [-0.39, 0.29) is 12.1 Å². The molecular formula is C10H9NO5. The second kappa shape index (κ2) is 5.01. The summed E-state index contributed by atoms with van der Waals surface area (Å²) in [5.41, 5.74) is 0.291. The predicted octanol–water partition coefficient (Wildman–Crippen LogP) is 0.879. The Hall–Kier alpha value is -2.24. The van der Waals surface area contributed by atoms with Gasteiger partial charge in [-0.2, -0.15) is 0 Å². The van der Waals surface area contributed by atoms with Gasteiger partial charge in [0.05, 0.1) is 12.0 Å². The molecule has 1 aromatic rings. The van der Waals surface area contributed by atoms with Gasteiger partial charge < -0.3 is 4.74 Å². The Kier molecular flexibility index (Phi) is 3.71. The number of nitro benzene ring substituents is 1. The number of methoxy groups -OCH3 is 1. The number of non-ortho nitro benzene ring substituents is 1. The van der Waals surface area contributed by atoms with Crippen LogP contribution >= 0.6 is 0 Å². The normalized spacial score (nSPS) is 9.56. The van der Waals surface area contributed by atoms with Gasteiger partial charge in [0.2, 0.25) is 5.78 Å². The van der Waals surface area contributed by atoms with Crippen molar-refractivity contribution < 1.29 is 19.2 Å². The van der Waals surface area contributed by atoms with Crippen molar-refractivity contribution in [1.82, 2.24) is 0 Å². The number of carbonyl (C=O) groups excluding carboxylic acids is 2. The molecule has 0 aromatic heterocycles. The molecule has 6 heteroatoms. The van der Waals surface area contributed by atoms with Gasteiger partial charge in [-0.15, -0.1) is 0 Å². The highest BCUT2D eigenvalue weighted by Crippen LogP contribution is 2.13. The zero-order valence-corrected chi connectivity index (χ0v) is 8.50. The third-order valence-corrected chi connectivity index (χ3v) is 1.90. The summed E-state index contributed by atoms with van der Waals surface area (Å²) in [7, 11) is 1.10. The zero-order chi connectivity index (χ0) is 12.1. The van der Waals surface area contributed by atoms with E-state index < -0.39 is 16.7 Å².